The van der Waals surface area contributed by atoms with E-state index in [2.05, 4.69) is 20.5 Å². The van der Waals surface area contributed by atoms with Crippen molar-refractivity contribution in [3.8, 4) is 0 Å². The summed E-state index contributed by atoms with van der Waals surface area (Å²) in [5.74, 6) is -1.41. The molecule has 8 nitrogen and oxygen atoms in total. The number of nitrogens with two attached hydrogens (primary N) is 1. The van der Waals surface area contributed by atoms with Gasteiger partial charge in [-0.3, -0.25) is 14.7 Å². The molecule has 0 atom stereocenters. The van der Waals surface area contributed by atoms with Crippen LogP contribution in [0.4, 0.5) is 5.95 Å². The number of nitrogens with zero attached hydrogens (tertiary/aromatic N) is 2. The van der Waals surface area contributed by atoms with Crippen LogP contribution >= 0.6 is 0 Å². The summed E-state index contributed by atoms with van der Waals surface area (Å²) in [6.45, 7) is 0.0990. The number of hydrogen-bond acceptors (Lipinski definition) is 5. The zero-order valence-electron chi connectivity index (χ0n) is 9.06. The Hall–Kier alpha value is -2.12. The lowest BCUT2D eigenvalue weighted by Crippen LogP contribution is -2.47. The number of carboxylic acids is 1. The molecule has 1 fully saturated rings. The normalized spacial score (nSPS) is 17.2. The Labute approximate surface area is 96.6 Å². The van der Waals surface area contributed by atoms with E-state index in [0.29, 0.717) is 12.8 Å². The number of H-pyrrole nitrogens is 1. The topological polar surface area (TPSA) is 134 Å². The number of aliphatic carboxylic acids is 1. The average Bonchev–Trinajstić information content (AvgIpc) is 2.62. The van der Waals surface area contributed by atoms with Crippen molar-refractivity contribution in [2.75, 3.05) is 12.3 Å². The first-order valence-corrected chi connectivity index (χ1v) is 5.23. The average molecular weight is 239 g/mol. The van der Waals surface area contributed by atoms with Crippen molar-refractivity contribution < 1.29 is 14.7 Å². The van der Waals surface area contributed by atoms with Crippen molar-refractivity contribution in [2.45, 2.75) is 19.3 Å². The summed E-state index contributed by atoms with van der Waals surface area (Å²) >= 11 is 0. The summed E-state index contributed by atoms with van der Waals surface area (Å²) in [5, 5.41) is 17.5. The third-order valence-electron chi connectivity index (χ3n) is 3.07. The molecule has 2 rings (SSSR count). The van der Waals surface area contributed by atoms with Crippen LogP contribution in [-0.2, 0) is 4.79 Å². The SMILES string of the molecule is Nc1n[nH]c(C(=O)NCC2(C(=O)O)CCC2)n1. The minimum absolute atomic E-state index is 0.0117. The summed E-state index contributed by atoms with van der Waals surface area (Å²) < 4.78 is 0. The van der Waals surface area contributed by atoms with Gasteiger partial charge in [0.1, 0.15) is 0 Å². The van der Waals surface area contributed by atoms with E-state index in [1.54, 1.807) is 0 Å². The second-order valence-electron chi connectivity index (χ2n) is 4.16. The maximum Gasteiger partial charge on any atom is 0.311 e. The van der Waals surface area contributed by atoms with E-state index < -0.39 is 17.3 Å². The summed E-state index contributed by atoms with van der Waals surface area (Å²) in [4.78, 5) is 26.3. The fourth-order valence-electron chi connectivity index (χ4n) is 1.78. The van der Waals surface area contributed by atoms with Crippen molar-refractivity contribution >= 4 is 17.8 Å². The number of rotatable bonds is 4. The van der Waals surface area contributed by atoms with Gasteiger partial charge in [-0.1, -0.05) is 6.42 Å². The molecule has 1 aromatic heterocycles. The molecule has 1 aliphatic carbocycles. The van der Waals surface area contributed by atoms with Crippen LogP contribution in [0, 0.1) is 5.41 Å². The third kappa shape index (κ3) is 2.05. The molecular formula is C9H13N5O3. The smallest absolute Gasteiger partial charge is 0.311 e. The van der Waals surface area contributed by atoms with Gasteiger partial charge >= 0.3 is 5.97 Å². The molecule has 1 aliphatic rings. The number of aromatic amines is 1. The van der Waals surface area contributed by atoms with Gasteiger partial charge in [-0.2, -0.15) is 4.98 Å². The van der Waals surface area contributed by atoms with E-state index in [4.69, 9.17) is 10.8 Å². The van der Waals surface area contributed by atoms with Crippen LogP contribution in [0.5, 0.6) is 0 Å². The summed E-state index contributed by atoms with van der Waals surface area (Å²) in [5.41, 5.74) is 4.44. The van der Waals surface area contributed by atoms with Gasteiger partial charge in [0.05, 0.1) is 5.41 Å². The Morgan fingerprint density at radius 3 is 2.65 bits per heavy atom. The molecule has 0 unspecified atom stereocenters. The number of aromatic nitrogens is 3. The predicted molar refractivity (Wildman–Crippen MR) is 57.0 cm³/mol. The van der Waals surface area contributed by atoms with Gasteiger partial charge in [-0.25, -0.2) is 0 Å². The minimum atomic E-state index is -0.874. The summed E-state index contributed by atoms with van der Waals surface area (Å²) in [6.07, 6.45) is 2.04. The summed E-state index contributed by atoms with van der Waals surface area (Å²) in [7, 11) is 0. The maximum absolute atomic E-state index is 11.6. The quantitative estimate of drug-likeness (QED) is 0.552. The largest absolute Gasteiger partial charge is 0.481 e. The second-order valence-corrected chi connectivity index (χ2v) is 4.16. The van der Waals surface area contributed by atoms with Crippen molar-refractivity contribution in [3.05, 3.63) is 5.82 Å². The highest BCUT2D eigenvalue weighted by atomic mass is 16.4. The standard InChI is InChI=1S/C9H13N5O3/c10-8-12-5(13-14-8)6(15)11-4-9(7(16)17)2-1-3-9/h1-4H2,(H,11,15)(H,16,17)(H3,10,12,13,14). The first-order valence-electron chi connectivity index (χ1n) is 5.23. The molecule has 92 valence electrons. The van der Waals surface area contributed by atoms with Gasteiger partial charge in [0.25, 0.3) is 5.91 Å². The highest BCUT2D eigenvalue weighted by Gasteiger charge is 2.44. The Morgan fingerprint density at radius 2 is 2.24 bits per heavy atom. The number of carbonyl (C=O) groups is 2. The maximum atomic E-state index is 11.6. The molecule has 1 amide bonds. The van der Waals surface area contributed by atoms with Gasteiger partial charge in [-0.15, -0.1) is 5.10 Å². The molecule has 8 heteroatoms. The number of hydrogen-bond donors (Lipinski definition) is 4. The molecule has 0 spiro atoms. The van der Waals surface area contributed by atoms with Gasteiger partial charge < -0.3 is 16.2 Å². The number of carboxylic acid groups (broad SMARTS) is 1. The Balaban J connectivity index is 1.94. The molecule has 1 saturated carbocycles. The molecule has 0 aromatic carbocycles. The van der Waals surface area contributed by atoms with E-state index in [0.717, 1.165) is 6.42 Å². The first kappa shape index (κ1) is 11.4. The highest BCUT2D eigenvalue weighted by molar-refractivity contribution is 5.91. The lowest BCUT2D eigenvalue weighted by Gasteiger charge is -2.37. The fraction of sp³-hybridized carbons (Fsp3) is 0.556. The molecular weight excluding hydrogens is 226 g/mol. The highest BCUT2D eigenvalue weighted by Crippen LogP contribution is 2.40. The predicted octanol–water partition coefficient (Wildman–Crippen LogP) is -0.628. The lowest BCUT2D eigenvalue weighted by molar-refractivity contribution is -0.153. The van der Waals surface area contributed by atoms with Crippen LogP contribution in [0.3, 0.4) is 0 Å². The van der Waals surface area contributed by atoms with E-state index in [1.807, 2.05) is 0 Å². The molecule has 1 aromatic rings. The van der Waals surface area contributed by atoms with Crippen LogP contribution in [0.2, 0.25) is 0 Å². The number of anilines is 1. The zero-order chi connectivity index (χ0) is 12.5. The molecule has 5 N–H and O–H groups in total. The number of amides is 1. The fourth-order valence-corrected chi connectivity index (χ4v) is 1.78. The zero-order valence-corrected chi connectivity index (χ0v) is 9.06. The molecule has 1 heterocycles. The van der Waals surface area contributed by atoms with E-state index in [1.165, 1.54) is 0 Å². The van der Waals surface area contributed by atoms with Crippen LogP contribution in [0.15, 0.2) is 0 Å². The van der Waals surface area contributed by atoms with Gasteiger partial charge in [0.2, 0.25) is 11.8 Å². The van der Waals surface area contributed by atoms with Crippen molar-refractivity contribution in [2.24, 2.45) is 5.41 Å². The van der Waals surface area contributed by atoms with E-state index in [9.17, 15) is 9.59 Å². The van der Waals surface area contributed by atoms with Gasteiger partial charge in [-0.05, 0) is 12.8 Å². The van der Waals surface area contributed by atoms with Crippen molar-refractivity contribution in [1.82, 2.24) is 20.5 Å². The van der Waals surface area contributed by atoms with Crippen molar-refractivity contribution in [1.29, 1.82) is 0 Å². The third-order valence-corrected chi connectivity index (χ3v) is 3.07. The lowest BCUT2D eigenvalue weighted by atomic mass is 9.69. The summed E-state index contributed by atoms with van der Waals surface area (Å²) in [6, 6.07) is 0. The molecule has 17 heavy (non-hydrogen) atoms. The minimum Gasteiger partial charge on any atom is -0.481 e. The van der Waals surface area contributed by atoms with Crippen LogP contribution in [-0.4, -0.2) is 38.7 Å². The first-order chi connectivity index (χ1) is 8.03. The van der Waals surface area contributed by atoms with Crippen LogP contribution in [0.25, 0.3) is 0 Å². The Bertz CT molecular complexity index is 451. The molecule has 0 radical (unpaired) electrons. The van der Waals surface area contributed by atoms with Crippen molar-refractivity contribution in [3.63, 3.8) is 0 Å². The van der Waals surface area contributed by atoms with E-state index in [-0.39, 0.29) is 18.3 Å². The molecule has 0 saturated heterocycles. The van der Waals surface area contributed by atoms with E-state index >= 15 is 0 Å². The van der Waals surface area contributed by atoms with Gasteiger partial charge in [0, 0.05) is 6.54 Å². The number of nitrogen functional groups attached to an aromatic ring is 1. The number of nitrogens with one attached hydrogen (secondary N) is 2. The molecule has 0 aliphatic heterocycles. The monoisotopic (exact) mass is 239 g/mol. The number of carbonyl (C=O) groups excluding carboxylic acids is 1. The van der Waals surface area contributed by atoms with Gasteiger partial charge in [0.15, 0.2) is 0 Å². The van der Waals surface area contributed by atoms with Crippen LogP contribution in [0.1, 0.15) is 29.9 Å². The molecule has 0 bridgehead atoms. The van der Waals surface area contributed by atoms with Crippen LogP contribution < -0.4 is 11.1 Å². The Morgan fingerprint density at radius 1 is 1.53 bits per heavy atom. The second kappa shape index (κ2) is 4.04. The Kier molecular flexibility index (Phi) is 2.70.